The SMILES string of the molecule is Nc1nc(Nc2ccc(F)cc2)nc2c1CNC2. The van der Waals surface area contributed by atoms with Crippen LogP contribution in [0.2, 0.25) is 0 Å². The molecule has 3 rings (SSSR count). The zero-order valence-corrected chi connectivity index (χ0v) is 9.57. The molecule has 1 aromatic carbocycles. The molecule has 0 radical (unpaired) electrons. The Balaban J connectivity index is 1.89. The van der Waals surface area contributed by atoms with Crippen LogP contribution in [-0.2, 0) is 13.1 Å². The number of nitrogens with zero attached hydrogens (tertiary/aromatic N) is 2. The molecule has 2 aromatic rings. The topological polar surface area (TPSA) is 75.9 Å². The Morgan fingerprint density at radius 3 is 2.72 bits per heavy atom. The Kier molecular flexibility index (Phi) is 2.56. The summed E-state index contributed by atoms with van der Waals surface area (Å²) in [5, 5.41) is 6.17. The normalized spacial score (nSPS) is 13.4. The van der Waals surface area contributed by atoms with Crippen molar-refractivity contribution in [3.05, 3.63) is 41.3 Å². The molecular weight excluding hydrogens is 233 g/mol. The number of hydrogen-bond donors (Lipinski definition) is 3. The van der Waals surface area contributed by atoms with E-state index in [2.05, 4.69) is 20.6 Å². The van der Waals surface area contributed by atoms with Gasteiger partial charge in [0.05, 0.1) is 5.69 Å². The van der Waals surface area contributed by atoms with Gasteiger partial charge in [-0.05, 0) is 24.3 Å². The van der Waals surface area contributed by atoms with Crippen molar-refractivity contribution in [1.29, 1.82) is 0 Å². The molecule has 6 heteroatoms. The summed E-state index contributed by atoms with van der Waals surface area (Å²) in [5.41, 5.74) is 8.45. The summed E-state index contributed by atoms with van der Waals surface area (Å²) >= 11 is 0. The van der Waals surface area contributed by atoms with Crippen molar-refractivity contribution >= 4 is 17.5 Å². The van der Waals surface area contributed by atoms with Gasteiger partial charge >= 0.3 is 0 Å². The maximum absolute atomic E-state index is 12.8. The van der Waals surface area contributed by atoms with Gasteiger partial charge in [-0.15, -0.1) is 0 Å². The first-order valence-corrected chi connectivity index (χ1v) is 5.61. The first-order valence-electron chi connectivity index (χ1n) is 5.61. The minimum atomic E-state index is -0.279. The first kappa shape index (κ1) is 10.9. The number of nitrogen functional groups attached to an aromatic ring is 1. The molecule has 0 spiro atoms. The molecule has 0 bridgehead atoms. The third-order valence-electron chi connectivity index (χ3n) is 2.82. The fraction of sp³-hybridized carbons (Fsp3) is 0.167. The van der Waals surface area contributed by atoms with Crippen molar-refractivity contribution in [2.24, 2.45) is 0 Å². The zero-order valence-electron chi connectivity index (χ0n) is 9.57. The Morgan fingerprint density at radius 2 is 1.94 bits per heavy atom. The molecule has 1 aromatic heterocycles. The monoisotopic (exact) mass is 245 g/mol. The van der Waals surface area contributed by atoms with Crippen LogP contribution in [0.15, 0.2) is 24.3 Å². The van der Waals surface area contributed by atoms with E-state index >= 15 is 0 Å². The van der Waals surface area contributed by atoms with Crippen molar-refractivity contribution in [3.63, 3.8) is 0 Å². The van der Waals surface area contributed by atoms with E-state index in [1.165, 1.54) is 12.1 Å². The second-order valence-electron chi connectivity index (χ2n) is 4.09. The Labute approximate surface area is 103 Å². The van der Waals surface area contributed by atoms with Crippen molar-refractivity contribution in [2.75, 3.05) is 11.1 Å². The summed E-state index contributed by atoms with van der Waals surface area (Å²) < 4.78 is 12.8. The summed E-state index contributed by atoms with van der Waals surface area (Å²) in [4.78, 5) is 8.56. The maximum atomic E-state index is 12.8. The van der Waals surface area contributed by atoms with Gasteiger partial charge in [-0.1, -0.05) is 0 Å². The van der Waals surface area contributed by atoms with E-state index in [4.69, 9.17) is 5.73 Å². The molecule has 92 valence electrons. The summed E-state index contributed by atoms with van der Waals surface area (Å²) in [7, 11) is 0. The van der Waals surface area contributed by atoms with Crippen LogP contribution in [0, 0.1) is 5.82 Å². The summed E-state index contributed by atoms with van der Waals surface area (Å²) in [6, 6.07) is 6.00. The van der Waals surface area contributed by atoms with Crippen LogP contribution in [-0.4, -0.2) is 9.97 Å². The van der Waals surface area contributed by atoms with Gasteiger partial charge in [0.1, 0.15) is 11.6 Å². The maximum Gasteiger partial charge on any atom is 0.229 e. The Bertz CT molecular complexity index is 582. The van der Waals surface area contributed by atoms with E-state index in [-0.39, 0.29) is 5.82 Å². The number of halogens is 1. The standard InChI is InChI=1S/C12H12FN5/c13-7-1-3-8(4-2-7)16-12-17-10-6-15-5-9(10)11(14)18-12/h1-4,15H,5-6H2,(H3,14,16,17,18). The molecule has 0 saturated carbocycles. The molecule has 0 unspecified atom stereocenters. The molecule has 2 heterocycles. The molecule has 0 aliphatic carbocycles. The van der Waals surface area contributed by atoms with Crippen LogP contribution in [0.25, 0.3) is 0 Å². The summed E-state index contributed by atoms with van der Waals surface area (Å²) in [5.74, 6) is 0.635. The lowest BCUT2D eigenvalue weighted by molar-refractivity contribution is 0.628. The molecule has 4 N–H and O–H groups in total. The van der Waals surface area contributed by atoms with Crippen LogP contribution in [0.4, 0.5) is 21.8 Å². The van der Waals surface area contributed by atoms with Gasteiger partial charge in [0, 0.05) is 24.3 Å². The smallest absolute Gasteiger partial charge is 0.229 e. The van der Waals surface area contributed by atoms with Gasteiger partial charge in [-0.3, -0.25) is 0 Å². The lowest BCUT2D eigenvalue weighted by atomic mass is 10.2. The van der Waals surface area contributed by atoms with E-state index in [1.807, 2.05) is 0 Å². The Hall–Kier alpha value is -2.21. The van der Waals surface area contributed by atoms with Gasteiger partial charge in [0.15, 0.2) is 0 Å². The van der Waals surface area contributed by atoms with E-state index in [1.54, 1.807) is 12.1 Å². The van der Waals surface area contributed by atoms with Crippen LogP contribution >= 0.6 is 0 Å². The third-order valence-corrected chi connectivity index (χ3v) is 2.82. The number of fused-ring (bicyclic) bond motifs is 1. The van der Waals surface area contributed by atoms with Crippen LogP contribution < -0.4 is 16.4 Å². The van der Waals surface area contributed by atoms with Crippen LogP contribution in [0.3, 0.4) is 0 Å². The highest BCUT2D eigenvalue weighted by Gasteiger charge is 2.17. The minimum absolute atomic E-state index is 0.279. The second kappa shape index (κ2) is 4.23. The first-order chi connectivity index (χ1) is 8.72. The highest BCUT2D eigenvalue weighted by atomic mass is 19.1. The predicted octanol–water partition coefficient (Wildman–Crippen LogP) is 1.54. The van der Waals surface area contributed by atoms with Crippen LogP contribution in [0.5, 0.6) is 0 Å². The van der Waals surface area contributed by atoms with E-state index in [9.17, 15) is 4.39 Å². The molecule has 0 saturated heterocycles. The van der Waals surface area contributed by atoms with Gasteiger partial charge in [0.25, 0.3) is 0 Å². The predicted molar refractivity (Wildman–Crippen MR) is 66.7 cm³/mol. The van der Waals surface area contributed by atoms with Crippen molar-refractivity contribution in [2.45, 2.75) is 13.1 Å². The van der Waals surface area contributed by atoms with Crippen molar-refractivity contribution in [1.82, 2.24) is 15.3 Å². The van der Waals surface area contributed by atoms with E-state index < -0.39 is 0 Å². The van der Waals surface area contributed by atoms with Crippen LogP contribution in [0.1, 0.15) is 11.3 Å². The van der Waals surface area contributed by atoms with Gasteiger partial charge in [-0.25, -0.2) is 9.37 Å². The summed E-state index contributed by atoms with van der Waals surface area (Å²) in [6.07, 6.45) is 0. The molecule has 18 heavy (non-hydrogen) atoms. The number of nitrogens with one attached hydrogen (secondary N) is 2. The second-order valence-corrected chi connectivity index (χ2v) is 4.09. The largest absolute Gasteiger partial charge is 0.383 e. The molecular formula is C12H12FN5. The van der Waals surface area contributed by atoms with Crippen molar-refractivity contribution < 1.29 is 4.39 Å². The minimum Gasteiger partial charge on any atom is -0.383 e. The Morgan fingerprint density at radius 1 is 1.17 bits per heavy atom. The molecule has 1 aliphatic heterocycles. The zero-order chi connectivity index (χ0) is 12.5. The fourth-order valence-corrected chi connectivity index (χ4v) is 1.91. The quantitative estimate of drug-likeness (QED) is 0.748. The lowest BCUT2D eigenvalue weighted by Gasteiger charge is -2.08. The van der Waals surface area contributed by atoms with Gasteiger partial charge < -0.3 is 16.4 Å². The highest BCUT2D eigenvalue weighted by molar-refractivity contribution is 5.56. The van der Waals surface area contributed by atoms with Gasteiger partial charge in [-0.2, -0.15) is 4.98 Å². The van der Waals surface area contributed by atoms with Gasteiger partial charge in [0.2, 0.25) is 5.95 Å². The highest BCUT2D eigenvalue weighted by Crippen LogP contribution is 2.22. The number of nitrogens with two attached hydrogens (primary N) is 1. The molecule has 1 aliphatic rings. The molecule has 0 fully saturated rings. The number of hydrogen-bond acceptors (Lipinski definition) is 5. The average molecular weight is 245 g/mol. The van der Waals surface area contributed by atoms with Crippen molar-refractivity contribution in [3.8, 4) is 0 Å². The number of rotatable bonds is 2. The summed E-state index contributed by atoms with van der Waals surface area (Å²) in [6.45, 7) is 1.40. The fourth-order valence-electron chi connectivity index (χ4n) is 1.91. The molecule has 0 amide bonds. The number of anilines is 3. The van der Waals surface area contributed by atoms with E-state index in [0.717, 1.165) is 16.9 Å². The third kappa shape index (κ3) is 1.98. The average Bonchev–Trinajstić information content (AvgIpc) is 2.81. The number of aromatic nitrogens is 2. The lowest BCUT2D eigenvalue weighted by Crippen LogP contribution is -2.05. The molecule has 0 atom stereocenters. The molecule has 5 nitrogen and oxygen atoms in total. The number of benzene rings is 1. The van der Waals surface area contributed by atoms with E-state index in [0.29, 0.717) is 24.9 Å².